The van der Waals surface area contributed by atoms with Crippen LogP contribution in [0.4, 0.5) is 5.69 Å². The van der Waals surface area contributed by atoms with Crippen LogP contribution in [0.15, 0.2) is 23.2 Å². The second-order valence-corrected chi connectivity index (χ2v) is 3.08. The van der Waals surface area contributed by atoms with Crippen molar-refractivity contribution in [3.63, 3.8) is 0 Å². The molecule has 6 heteroatoms. The second kappa shape index (κ2) is 3.32. The first-order valence-corrected chi connectivity index (χ1v) is 4.19. The highest BCUT2D eigenvalue weighted by molar-refractivity contribution is 6.61. The molecule has 0 fully saturated rings. The number of guanidine groups is 1. The van der Waals surface area contributed by atoms with Crippen LogP contribution in [0.2, 0.25) is 0 Å². The molecule has 0 radical (unpaired) electrons. The number of hydrogen-bond acceptors (Lipinski definition) is 3. The van der Waals surface area contributed by atoms with E-state index >= 15 is 0 Å². The topological polar surface area (TPSA) is 93.9 Å². The third-order valence-electron chi connectivity index (χ3n) is 2.05. The molecule has 0 saturated carbocycles. The van der Waals surface area contributed by atoms with E-state index in [1.165, 1.54) is 0 Å². The van der Waals surface area contributed by atoms with Crippen molar-refractivity contribution in [2.75, 3.05) is 0 Å². The van der Waals surface area contributed by atoms with Gasteiger partial charge in [-0.15, -0.1) is 0 Å². The van der Waals surface area contributed by atoms with E-state index in [2.05, 4.69) is 4.99 Å². The summed E-state index contributed by atoms with van der Waals surface area (Å²) in [5, 5.41) is 9.41. The van der Waals surface area contributed by atoms with Crippen LogP contribution in [0.5, 0.6) is 0 Å². The van der Waals surface area contributed by atoms with E-state index in [0.29, 0.717) is 12.3 Å². The Bertz CT molecular complexity index is 390. The van der Waals surface area contributed by atoms with Crippen molar-refractivity contribution in [2.45, 2.75) is 6.61 Å². The number of hydrogen-bond donors (Lipinski definition) is 3. The molecule has 0 amide bonds. The Balaban J connectivity index is 2.40. The summed E-state index contributed by atoms with van der Waals surface area (Å²) in [5.41, 5.74) is 12.8. The van der Waals surface area contributed by atoms with E-state index in [1.807, 2.05) is 6.07 Å². The van der Waals surface area contributed by atoms with Crippen molar-refractivity contribution < 1.29 is 9.68 Å². The molecule has 0 atom stereocenters. The van der Waals surface area contributed by atoms with Crippen LogP contribution in [0.25, 0.3) is 0 Å². The van der Waals surface area contributed by atoms with Gasteiger partial charge in [0.1, 0.15) is 0 Å². The zero-order valence-corrected chi connectivity index (χ0v) is 7.47. The Morgan fingerprint density at radius 3 is 3.00 bits per heavy atom. The minimum absolute atomic E-state index is 0.00152. The van der Waals surface area contributed by atoms with Gasteiger partial charge in [-0.05, 0) is 23.2 Å². The van der Waals surface area contributed by atoms with Gasteiger partial charge in [0.2, 0.25) is 0 Å². The highest BCUT2D eigenvalue weighted by Gasteiger charge is 2.27. The highest BCUT2D eigenvalue weighted by Crippen LogP contribution is 2.16. The lowest BCUT2D eigenvalue weighted by molar-refractivity contribution is 0.275. The summed E-state index contributed by atoms with van der Waals surface area (Å²) in [6.45, 7) is 0.429. The van der Waals surface area contributed by atoms with Crippen LogP contribution in [0.3, 0.4) is 0 Å². The van der Waals surface area contributed by atoms with Gasteiger partial charge in [0.05, 0.1) is 12.3 Å². The van der Waals surface area contributed by atoms with Crippen LogP contribution < -0.4 is 16.9 Å². The summed E-state index contributed by atoms with van der Waals surface area (Å²) >= 11 is 0. The maximum Gasteiger partial charge on any atom is 0.491 e. The smallest absolute Gasteiger partial charge is 0.423 e. The van der Waals surface area contributed by atoms with Gasteiger partial charge in [0.25, 0.3) is 0 Å². The summed E-state index contributed by atoms with van der Waals surface area (Å²) in [6.07, 6.45) is 0. The molecule has 1 aromatic rings. The van der Waals surface area contributed by atoms with Crippen LogP contribution in [-0.2, 0) is 11.3 Å². The van der Waals surface area contributed by atoms with Gasteiger partial charge in [0, 0.05) is 0 Å². The van der Waals surface area contributed by atoms with E-state index < -0.39 is 7.12 Å². The standard InChI is InChI=1S/C8H10BN3O2/c10-8(11)12-6-2-1-5-4-14-9(13)7(5)3-6/h1-3,13H,4H2,(H4,10,11,12). The Labute approximate surface area is 81.5 Å². The van der Waals surface area contributed by atoms with Crippen LogP contribution in [0.1, 0.15) is 5.56 Å². The molecule has 0 bridgehead atoms. The molecule has 5 N–H and O–H groups in total. The SMILES string of the molecule is NC(N)=Nc1ccc2c(c1)B(O)OC2. The summed E-state index contributed by atoms with van der Waals surface area (Å²) in [5.74, 6) is -0.00152. The van der Waals surface area contributed by atoms with E-state index in [0.717, 1.165) is 11.0 Å². The number of fused-ring (bicyclic) bond motifs is 1. The molecule has 0 spiro atoms. The largest absolute Gasteiger partial charge is 0.491 e. The van der Waals surface area contributed by atoms with Gasteiger partial charge in [0.15, 0.2) is 5.96 Å². The van der Waals surface area contributed by atoms with Crippen molar-refractivity contribution in [3.05, 3.63) is 23.8 Å². The molecule has 0 unspecified atom stereocenters. The first kappa shape index (κ1) is 9.05. The van der Waals surface area contributed by atoms with Crippen molar-refractivity contribution in [1.29, 1.82) is 0 Å². The number of aliphatic imine (C=N–C) groups is 1. The molecule has 1 aromatic carbocycles. The molecule has 72 valence electrons. The first-order valence-electron chi connectivity index (χ1n) is 4.19. The Hall–Kier alpha value is -1.53. The normalized spacial score (nSPS) is 13.9. The van der Waals surface area contributed by atoms with Crippen LogP contribution in [0, 0.1) is 0 Å². The van der Waals surface area contributed by atoms with Gasteiger partial charge in [-0.1, -0.05) is 6.07 Å². The molecular weight excluding hydrogens is 181 g/mol. The number of nitrogens with zero attached hydrogens (tertiary/aromatic N) is 1. The monoisotopic (exact) mass is 191 g/mol. The van der Waals surface area contributed by atoms with Crippen molar-refractivity contribution in [1.82, 2.24) is 0 Å². The maximum atomic E-state index is 9.41. The quantitative estimate of drug-likeness (QED) is 0.295. The minimum Gasteiger partial charge on any atom is -0.423 e. The molecule has 2 rings (SSSR count). The van der Waals surface area contributed by atoms with Crippen LogP contribution in [-0.4, -0.2) is 18.1 Å². The first-order chi connectivity index (χ1) is 6.66. The lowest BCUT2D eigenvalue weighted by Gasteiger charge is -2.00. The molecule has 14 heavy (non-hydrogen) atoms. The lowest BCUT2D eigenvalue weighted by Crippen LogP contribution is -2.28. The van der Waals surface area contributed by atoms with Crippen LogP contribution >= 0.6 is 0 Å². The van der Waals surface area contributed by atoms with Gasteiger partial charge in [-0.25, -0.2) is 4.99 Å². The molecule has 1 aliphatic rings. The summed E-state index contributed by atoms with van der Waals surface area (Å²) in [4.78, 5) is 3.88. The Kier molecular flexibility index (Phi) is 2.15. The molecule has 0 saturated heterocycles. The van der Waals surface area contributed by atoms with E-state index in [4.69, 9.17) is 16.1 Å². The van der Waals surface area contributed by atoms with Crippen molar-refractivity contribution in [2.24, 2.45) is 16.5 Å². The predicted octanol–water partition coefficient (Wildman–Crippen LogP) is -1.19. The van der Waals surface area contributed by atoms with E-state index in [-0.39, 0.29) is 5.96 Å². The molecule has 0 aromatic heterocycles. The zero-order chi connectivity index (χ0) is 10.1. The fourth-order valence-electron chi connectivity index (χ4n) is 1.42. The summed E-state index contributed by atoms with van der Waals surface area (Å²) in [6, 6.07) is 5.33. The third-order valence-corrected chi connectivity index (χ3v) is 2.05. The second-order valence-electron chi connectivity index (χ2n) is 3.08. The Morgan fingerprint density at radius 1 is 1.50 bits per heavy atom. The van der Waals surface area contributed by atoms with E-state index in [1.54, 1.807) is 12.1 Å². The van der Waals surface area contributed by atoms with E-state index in [9.17, 15) is 5.02 Å². The average Bonchev–Trinajstić information content (AvgIpc) is 2.47. The molecule has 5 nitrogen and oxygen atoms in total. The Morgan fingerprint density at radius 2 is 2.29 bits per heavy atom. The van der Waals surface area contributed by atoms with Gasteiger partial charge >= 0.3 is 7.12 Å². The van der Waals surface area contributed by atoms with Crippen molar-refractivity contribution >= 4 is 24.2 Å². The fourth-order valence-corrected chi connectivity index (χ4v) is 1.42. The molecule has 1 heterocycles. The predicted molar refractivity (Wildman–Crippen MR) is 54.3 cm³/mol. The lowest BCUT2D eigenvalue weighted by atomic mass is 9.79. The summed E-state index contributed by atoms with van der Waals surface area (Å²) < 4.78 is 5.03. The molecule has 0 aliphatic carbocycles. The average molecular weight is 191 g/mol. The van der Waals surface area contributed by atoms with Crippen molar-refractivity contribution in [3.8, 4) is 0 Å². The minimum atomic E-state index is -0.862. The fraction of sp³-hybridized carbons (Fsp3) is 0.125. The zero-order valence-electron chi connectivity index (χ0n) is 7.47. The third kappa shape index (κ3) is 1.57. The molecular formula is C8H10BN3O2. The number of benzene rings is 1. The maximum absolute atomic E-state index is 9.41. The van der Waals surface area contributed by atoms with Gasteiger partial charge < -0.3 is 21.1 Å². The highest BCUT2D eigenvalue weighted by atomic mass is 16.5. The summed E-state index contributed by atoms with van der Waals surface area (Å²) in [7, 11) is -0.862. The van der Waals surface area contributed by atoms with Gasteiger partial charge in [-0.3, -0.25) is 0 Å². The van der Waals surface area contributed by atoms with Gasteiger partial charge in [-0.2, -0.15) is 0 Å². The molecule has 1 aliphatic heterocycles. The number of nitrogens with two attached hydrogens (primary N) is 2. The number of rotatable bonds is 1.